The SMILES string of the molecule is CC(O)c1ccc(-c2[nH]c3ncccc3c2Sc2ccc(Cl)cc2)cc1. The number of pyridine rings is 1. The molecule has 4 aromatic rings. The van der Waals surface area contributed by atoms with Gasteiger partial charge in [0, 0.05) is 26.4 Å². The van der Waals surface area contributed by atoms with Gasteiger partial charge in [0.05, 0.1) is 11.8 Å². The maximum absolute atomic E-state index is 9.74. The van der Waals surface area contributed by atoms with Crippen molar-refractivity contribution < 1.29 is 5.11 Å². The summed E-state index contributed by atoms with van der Waals surface area (Å²) in [5, 5.41) is 11.5. The van der Waals surface area contributed by atoms with Crippen molar-refractivity contribution in [2.24, 2.45) is 0 Å². The summed E-state index contributed by atoms with van der Waals surface area (Å²) in [6.45, 7) is 1.77. The van der Waals surface area contributed by atoms with E-state index in [0.717, 1.165) is 42.7 Å². The van der Waals surface area contributed by atoms with E-state index in [1.54, 1.807) is 24.9 Å². The van der Waals surface area contributed by atoms with Gasteiger partial charge in [0.2, 0.25) is 0 Å². The number of aliphatic hydroxyl groups is 1. The molecule has 0 fully saturated rings. The zero-order valence-electron chi connectivity index (χ0n) is 14.1. The lowest BCUT2D eigenvalue weighted by Crippen LogP contribution is -1.90. The van der Waals surface area contributed by atoms with Crippen LogP contribution in [0.5, 0.6) is 0 Å². The van der Waals surface area contributed by atoms with Crippen molar-refractivity contribution in [3.63, 3.8) is 0 Å². The van der Waals surface area contributed by atoms with Crippen LogP contribution < -0.4 is 0 Å². The van der Waals surface area contributed by atoms with E-state index >= 15 is 0 Å². The molecule has 130 valence electrons. The van der Waals surface area contributed by atoms with Crippen molar-refractivity contribution in [1.82, 2.24) is 9.97 Å². The average Bonchev–Trinajstić information content (AvgIpc) is 3.02. The van der Waals surface area contributed by atoms with Gasteiger partial charge >= 0.3 is 0 Å². The highest BCUT2D eigenvalue weighted by Gasteiger charge is 2.15. The minimum absolute atomic E-state index is 0.476. The fourth-order valence-corrected chi connectivity index (χ4v) is 4.04. The van der Waals surface area contributed by atoms with Gasteiger partial charge in [0.1, 0.15) is 5.65 Å². The molecule has 0 saturated carbocycles. The second-order valence-electron chi connectivity index (χ2n) is 6.08. The van der Waals surface area contributed by atoms with Gasteiger partial charge in [-0.3, -0.25) is 0 Å². The molecule has 0 bridgehead atoms. The molecule has 0 radical (unpaired) electrons. The summed E-state index contributed by atoms with van der Waals surface area (Å²) < 4.78 is 0. The fourth-order valence-electron chi connectivity index (χ4n) is 2.86. The van der Waals surface area contributed by atoms with Crippen molar-refractivity contribution in [2.45, 2.75) is 22.8 Å². The molecule has 1 atom stereocenters. The van der Waals surface area contributed by atoms with Crippen LogP contribution in [-0.4, -0.2) is 15.1 Å². The quantitative estimate of drug-likeness (QED) is 0.450. The van der Waals surface area contributed by atoms with E-state index in [0.29, 0.717) is 0 Å². The number of aromatic amines is 1. The number of halogens is 1. The Hall–Kier alpha value is -2.27. The summed E-state index contributed by atoms with van der Waals surface area (Å²) in [4.78, 5) is 10.1. The monoisotopic (exact) mass is 380 g/mol. The lowest BCUT2D eigenvalue weighted by molar-refractivity contribution is 0.199. The predicted octanol–water partition coefficient (Wildman–Crippen LogP) is 6.09. The number of nitrogens with zero attached hydrogens (tertiary/aromatic N) is 1. The summed E-state index contributed by atoms with van der Waals surface area (Å²) >= 11 is 7.70. The Morgan fingerprint density at radius 1 is 1.04 bits per heavy atom. The molecular weight excluding hydrogens is 364 g/mol. The maximum Gasteiger partial charge on any atom is 0.138 e. The van der Waals surface area contributed by atoms with Crippen LogP contribution in [0.1, 0.15) is 18.6 Å². The van der Waals surface area contributed by atoms with Gasteiger partial charge in [0.15, 0.2) is 0 Å². The molecule has 5 heteroatoms. The first kappa shape index (κ1) is 17.2. The predicted molar refractivity (Wildman–Crippen MR) is 108 cm³/mol. The number of aromatic nitrogens is 2. The van der Waals surface area contributed by atoms with Gasteiger partial charge in [-0.05, 0) is 54.4 Å². The first-order chi connectivity index (χ1) is 12.6. The molecule has 2 aromatic carbocycles. The Bertz CT molecular complexity index is 1040. The largest absolute Gasteiger partial charge is 0.389 e. The van der Waals surface area contributed by atoms with Gasteiger partial charge in [-0.1, -0.05) is 47.6 Å². The normalized spacial score (nSPS) is 12.4. The van der Waals surface area contributed by atoms with Crippen LogP contribution in [0.4, 0.5) is 0 Å². The first-order valence-electron chi connectivity index (χ1n) is 8.30. The van der Waals surface area contributed by atoms with Crippen LogP contribution in [0.15, 0.2) is 76.7 Å². The van der Waals surface area contributed by atoms with Crippen LogP contribution in [0.3, 0.4) is 0 Å². The minimum Gasteiger partial charge on any atom is -0.389 e. The minimum atomic E-state index is -0.476. The Balaban J connectivity index is 1.82. The number of aliphatic hydroxyl groups excluding tert-OH is 1. The summed E-state index contributed by atoms with van der Waals surface area (Å²) in [6.07, 6.45) is 1.31. The molecular formula is C21H17ClN2OS. The number of nitrogens with one attached hydrogen (secondary N) is 1. The third-order valence-electron chi connectivity index (χ3n) is 4.24. The van der Waals surface area contributed by atoms with Crippen LogP contribution in [0, 0.1) is 0 Å². The van der Waals surface area contributed by atoms with Gasteiger partial charge in [-0.25, -0.2) is 4.98 Å². The summed E-state index contributed by atoms with van der Waals surface area (Å²) in [5.41, 5.74) is 3.84. The second-order valence-corrected chi connectivity index (χ2v) is 7.60. The molecule has 0 amide bonds. The topological polar surface area (TPSA) is 48.9 Å². The Morgan fingerprint density at radius 2 is 1.77 bits per heavy atom. The van der Waals surface area contributed by atoms with Crippen molar-refractivity contribution in [2.75, 3.05) is 0 Å². The zero-order valence-corrected chi connectivity index (χ0v) is 15.7. The first-order valence-corrected chi connectivity index (χ1v) is 9.50. The summed E-state index contributed by atoms with van der Waals surface area (Å²) in [6, 6.07) is 19.8. The molecule has 2 N–H and O–H groups in total. The average molecular weight is 381 g/mol. The molecule has 26 heavy (non-hydrogen) atoms. The smallest absolute Gasteiger partial charge is 0.138 e. The molecule has 4 rings (SSSR count). The lowest BCUT2D eigenvalue weighted by Gasteiger charge is -2.08. The second kappa shape index (κ2) is 7.16. The third kappa shape index (κ3) is 3.36. The number of H-pyrrole nitrogens is 1. The van der Waals surface area contributed by atoms with E-state index in [9.17, 15) is 5.11 Å². The van der Waals surface area contributed by atoms with E-state index < -0.39 is 6.10 Å². The van der Waals surface area contributed by atoms with Crippen LogP contribution in [0.2, 0.25) is 5.02 Å². The van der Waals surface area contributed by atoms with E-state index in [4.69, 9.17) is 11.6 Å². The summed E-state index contributed by atoms with van der Waals surface area (Å²) in [5.74, 6) is 0. The molecule has 0 aliphatic rings. The molecule has 1 unspecified atom stereocenters. The zero-order chi connectivity index (χ0) is 18.1. The number of hydrogen-bond acceptors (Lipinski definition) is 3. The molecule has 3 nitrogen and oxygen atoms in total. The van der Waals surface area contributed by atoms with Crippen molar-refractivity contribution >= 4 is 34.4 Å². The van der Waals surface area contributed by atoms with Gasteiger partial charge in [0.25, 0.3) is 0 Å². The van der Waals surface area contributed by atoms with Crippen molar-refractivity contribution in [3.05, 3.63) is 77.4 Å². The summed E-state index contributed by atoms with van der Waals surface area (Å²) in [7, 11) is 0. The third-order valence-corrected chi connectivity index (χ3v) is 5.63. The highest BCUT2D eigenvalue weighted by atomic mass is 35.5. The van der Waals surface area contributed by atoms with Crippen molar-refractivity contribution in [1.29, 1.82) is 0 Å². The highest BCUT2D eigenvalue weighted by Crippen LogP contribution is 2.41. The molecule has 0 spiro atoms. The van der Waals surface area contributed by atoms with Crippen LogP contribution in [-0.2, 0) is 0 Å². The lowest BCUT2D eigenvalue weighted by atomic mass is 10.1. The number of rotatable bonds is 4. The number of hydrogen-bond donors (Lipinski definition) is 2. The molecule has 2 aromatic heterocycles. The van der Waals surface area contributed by atoms with Crippen molar-refractivity contribution in [3.8, 4) is 11.3 Å². The van der Waals surface area contributed by atoms with E-state index in [2.05, 4.69) is 16.0 Å². The van der Waals surface area contributed by atoms with Crippen LogP contribution in [0.25, 0.3) is 22.3 Å². The Labute approximate surface area is 161 Å². The van der Waals surface area contributed by atoms with E-state index in [-0.39, 0.29) is 0 Å². The van der Waals surface area contributed by atoms with Gasteiger partial charge in [-0.2, -0.15) is 0 Å². The van der Waals surface area contributed by atoms with Gasteiger partial charge in [-0.15, -0.1) is 0 Å². The highest BCUT2D eigenvalue weighted by molar-refractivity contribution is 7.99. The number of benzene rings is 2. The number of fused-ring (bicyclic) bond motifs is 1. The van der Waals surface area contributed by atoms with E-state index in [1.165, 1.54) is 0 Å². The molecule has 0 aliphatic heterocycles. The van der Waals surface area contributed by atoms with Gasteiger partial charge < -0.3 is 10.1 Å². The standard InChI is InChI=1S/C21H17ClN2OS/c1-13(25)14-4-6-15(7-5-14)19-20(18-3-2-12-23-21(18)24-19)26-17-10-8-16(22)9-11-17/h2-13,25H,1H3,(H,23,24). The molecule has 2 heterocycles. The fraction of sp³-hybridized carbons (Fsp3) is 0.0952. The van der Waals surface area contributed by atoms with Crippen LogP contribution >= 0.6 is 23.4 Å². The Kier molecular flexibility index (Phi) is 4.72. The maximum atomic E-state index is 9.74. The molecule has 0 saturated heterocycles. The van der Waals surface area contributed by atoms with E-state index in [1.807, 2.05) is 54.6 Å². The Morgan fingerprint density at radius 3 is 2.46 bits per heavy atom. The molecule has 0 aliphatic carbocycles.